The predicted molar refractivity (Wildman–Crippen MR) is 133 cm³/mol. The molecule has 2 aromatic carbocycles. The van der Waals surface area contributed by atoms with Gasteiger partial charge < -0.3 is 9.30 Å². The number of piperidine rings is 1. The topological polar surface area (TPSA) is 81.0 Å². The Morgan fingerprint density at radius 1 is 1.24 bits per heavy atom. The molecule has 1 unspecified atom stereocenters. The van der Waals surface area contributed by atoms with E-state index < -0.39 is 15.9 Å². The molecule has 0 radical (unpaired) electrons. The number of carbonyl (C=O) groups excluding carboxylic acids is 1. The van der Waals surface area contributed by atoms with Gasteiger partial charge in [-0.05, 0) is 55.7 Å². The second kappa shape index (κ2) is 10.1. The summed E-state index contributed by atoms with van der Waals surface area (Å²) < 4.78 is 36.1. The van der Waals surface area contributed by atoms with Crippen LogP contribution in [0.4, 0.5) is 0 Å². The van der Waals surface area contributed by atoms with Gasteiger partial charge >= 0.3 is 0 Å². The maximum atomic E-state index is 13.2. The number of nitrogens with zero attached hydrogens (tertiary/aromatic N) is 3. The summed E-state index contributed by atoms with van der Waals surface area (Å²) in [6.07, 6.45) is 9.13. The summed E-state index contributed by atoms with van der Waals surface area (Å²) >= 11 is 1.34. The Kier molecular flexibility index (Phi) is 7.22. The fraction of sp³-hybridized carbons (Fsp3) is 0.360. The Labute approximate surface area is 203 Å². The lowest BCUT2D eigenvalue weighted by Crippen LogP contribution is -2.43. The van der Waals surface area contributed by atoms with E-state index in [4.69, 9.17) is 11.2 Å². The Morgan fingerprint density at radius 3 is 2.68 bits per heavy atom. The summed E-state index contributed by atoms with van der Waals surface area (Å²) in [7, 11) is -2.03. The number of para-hydroxylation sites is 1. The summed E-state index contributed by atoms with van der Waals surface area (Å²) in [5.41, 5.74) is 1.09. The Morgan fingerprint density at radius 2 is 2.00 bits per heavy atom. The van der Waals surface area contributed by atoms with Crippen LogP contribution >= 0.6 is 11.3 Å². The number of fused-ring (bicyclic) bond motifs is 1. The minimum atomic E-state index is -3.61. The zero-order chi connectivity index (χ0) is 24.3. The van der Waals surface area contributed by atoms with Gasteiger partial charge in [-0.15, -0.1) is 6.42 Å². The average molecular weight is 498 g/mol. The standard InChI is InChI=1S/C25H27N3O4S2/c1-4-16-27-23-21(32-3)10-8-11-22(23)33-25(27)26-24(29)18-12-14-20(15-13-18)34(30,31)28-17-7-6-9-19(28)5-2/h1,8,10-15,19H,5-7,9,16-17H2,2-3H3. The number of thiazole rings is 1. The number of rotatable bonds is 6. The highest BCUT2D eigenvalue weighted by Gasteiger charge is 2.32. The summed E-state index contributed by atoms with van der Waals surface area (Å²) in [6.45, 7) is 2.78. The largest absolute Gasteiger partial charge is 0.495 e. The van der Waals surface area contributed by atoms with Gasteiger partial charge in [0.05, 0.1) is 23.2 Å². The third kappa shape index (κ3) is 4.53. The molecule has 0 aliphatic carbocycles. The van der Waals surface area contributed by atoms with Crippen molar-refractivity contribution in [2.75, 3.05) is 13.7 Å². The van der Waals surface area contributed by atoms with E-state index in [1.165, 1.54) is 35.6 Å². The van der Waals surface area contributed by atoms with Crippen LogP contribution in [0, 0.1) is 12.3 Å². The van der Waals surface area contributed by atoms with Crippen LogP contribution in [-0.4, -0.2) is 42.9 Å². The van der Waals surface area contributed by atoms with E-state index in [1.807, 2.05) is 25.1 Å². The Hall–Kier alpha value is -2.93. The van der Waals surface area contributed by atoms with Crippen LogP contribution in [0.5, 0.6) is 5.75 Å². The molecule has 1 aromatic heterocycles. The molecule has 34 heavy (non-hydrogen) atoms. The van der Waals surface area contributed by atoms with E-state index >= 15 is 0 Å². The third-order valence-corrected chi connectivity index (χ3v) is 9.09. The van der Waals surface area contributed by atoms with Crippen LogP contribution in [0.2, 0.25) is 0 Å². The Balaban J connectivity index is 1.67. The highest BCUT2D eigenvalue weighted by Crippen LogP contribution is 2.28. The van der Waals surface area contributed by atoms with E-state index in [9.17, 15) is 13.2 Å². The van der Waals surface area contributed by atoms with Crippen LogP contribution in [0.15, 0.2) is 52.4 Å². The molecule has 1 amide bonds. The second-order valence-electron chi connectivity index (χ2n) is 8.10. The number of ether oxygens (including phenoxy) is 1. The molecule has 0 saturated carbocycles. The maximum Gasteiger partial charge on any atom is 0.279 e. The molecule has 1 aliphatic rings. The van der Waals surface area contributed by atoms with E-state index in [0.29, 0.717) is 22.7 Å². The number of hydrogen-bond acceptors (Lipinski definition) is 5. The van der Waals surface area contributed by atoms with Crippen molar-refractivity contribution in [1.82, 2.24) is 8.87 Å². The van der Waals surface area contributed by atoms with Crippen molar-refractivity contribution in [1.29, 1.82) is 0 Å². The van der Waals surface area contributed by atoms with Gasteiger partial charge in [-0.1, -0.05) is 36.7 Å². The van der Waals surface area contributed by atoms with Crippen molar-refractivity contribution in [2.45, 2.75) is 50.1 Å². The fourth-order valence-corrected chi connectivity index (χ4v) is 7.15. The van der Waals surface area contributed by atoms with Gasteiger partial charge in [-0.2, -0.15) is 9.30 Å². The van der Waals surface area contributed by atoms with Crippen molar-refractivity contribution >= 4 is 37.5 Å². The smallest absolute Gasteiger partial charge is 0.279 e. The molecule has 0 N–H and O–H groups in total. The highest BCUT2D eigenvalue weighted by molar-refractivity contribution is 7.89. The monoisotopic (exact) mass is 497 g/mol. The third-order valence-electron chi connectivity index (χ3n) is 6.08. The minimum Gasteiger partial charge on any atom is -0.495 e. The van der Waals surface area contributed by atoms with Gasteiger partial charge in [-0.3, -0.25) is 4.79 Å². The first-order valence-corrected chi connectivity index (χ1v) is 13.5. The molecule has 0 bridgehead atoms. The van der Waals surface area contributed by atoms with E-state index in [2.05, 4.69) is 10.9 Å². The number of sulfonamides is 1. The van der Waals surface area contributed by atoms with Crippen molar-refractivity contribution in [3.05, 3.63) is 52.8 Å². The lowest BCUT2D eigenvalue weighted by molar-refractivity contribution is 0.0997. The number of carbonyl (C=O) groups is 1. The first kappa shape index (κ1) is 24.2. The van der Waals surface area contributed by atoms with E-state index in [0.717, 1.165) is 35.9 Å². The van der Waals surface area contributed by atoms with Crippen LogP contribution in [-0.2, 0) is 16.6 Å². The predicted octanol–water partition coefficient (Wildman–Crippen LogP) is 4.04. The zero-order valence-electron chi connectivity index (χ0n) is 19.2. The average Bonchev–Trinajstić information content (AvgIpc) is 3.21. The molecule has 1 fully saturated rings. The van der Waals surface area contributed by atoms with Crippen LogP contribution < -0.4 is 9.54 Å². The first-order chi connectivity index (χ1) is 16.4. The molecule has 3 aromatic rings. The molecular weight excluding hydrogens is 470 g/mol. The van der Waals surface area contributed by atoms with E-state index in [1.54, 1.807) is 16.0 Å². The molecule has 7 nitrogen and oxygen atoms in total. The van der Waals surface area contributed by atoms with Crippen LogP contribution in [0.25, 0.3) is 10.2 Å². The van der Waals surface area contributed by atoms with Gasteiger partial charge in [-0.25, -0.2) is 8.42 Å². The molecule has 1 aliphatic heterocycles. The summed E-state index contributed by atoms with van der Waals surface area (Å²) in [5.74, 6) is 2.78. The van der Waals surface area contributed by atoms with Gasteiger partial charge in [0.25, 0.3) is 5.91 Å². The number of aromatic nitrogens is 1. The molecule has 1 saturated heterocycles. The van der Waals surface area contributed by atoms with Crippen LogP contribution in [0.3, 0.4) is 0 Å². The number of benzene rings is 2. The van der Waals surface area contributed by atoms with Crippen molar-refractivity contribution in [2.24, 2.45) is 4.99 Å². The van der Waals surface area contributed by atoms with Gasteiger partial charge in [0.2, 0.25) is 10.0 Å². The number of hydrogen-bond donors (Lipinski definition) is 0. The van der Waals surface area contributed by atoms with Gasteiger partial charge in [0.1, 0.15) is 11.3 Å². The zero-order valence-corrected chi connectivity index (χ0v) is 20.9. The molecule has 2 heterocycles. The van der Waals surface area contributed by atoms with Crippen molar-refractivity contribution < 1.29 is 17.9 Å². The highest BCUT2D eigenvalue weighted by atomic mass is 32.2. The van der Waals surface area contributed by atoms with E-state index in [-0.39, 0.29) is 17.5 Å². The molecule has 4 rings (SSSR count). The summed E-state index contributed by atoms with van der Waals surface area (Å²) in [6, 6.07) is 11.7. The van der Waals surface area contributed by atoms with Gasteiger partial charge in [0.15, 0.2) is 4.80 Å². The number of amides is 1. The number of terminal acetylenes is 1. The Bertz CT molecular complexity index is 1410. The summed E-state index contributed by atoms with van der Waals surface area (Å²) in [5, 5.41) is 0. The van der Waals surface area contributed by atoms with Crippen molar-refractivity contribution in [3.63, 3.8) is 0 Å². The van der Waals surface area contributed by atoms with Gasteiger partial charge in [0, 0.05) is 18.2 Å². The molecule has 1 atom stereocenters. The second-order valence-corrected chi connectivity index (χ2v) is 11.0. The molecule has 0 spiro atoms. The summed E-state index contributed by atoms with van der Waals surface area (Å²) in [4.78, 5) is 17.9. The first-order valence-electron chi connectivity index (χ1n) is 11.2. The SMILES string of the molecule is C#CCn1c(=NC(=O)c2ccc(S(=O)(=O)N3CCCCC3CC)cc2)sc2cccc(OC)c21. The normalized spacial score (nSPS) is 17.6. The van der Waals surface area contributed by atoms with Crippen molar-refractivity contribution in [3.8, 4) is 18.1 Å². The molecular formula is C25H27N3O4S2. The number of methoxy groups -OCH3 is 1. The lowest BCUT2D eigenvalue weighted by atomic mass is 10.0. The molecule has 9 heteroatoms. The maximum absolute atomic E-state index is 13.2. The molecule has 178 valence electrons. The lowest BCUT2D eigenvalue weighted by Gasteiger charge is -2.34. The van der Waals surface area contributed by atoms with Crippen LogP contribution in [0.1, 0.15) is 43.0 Å². The minimum absolute atomic E-state index is 0.0200. The quantitative estimate of drug-likeness (QED) is 0.482. The fourth-order valence-electron chi connectivity index (χ4n) is 4.34.